The maximum Gasteiger partial charge on any atom is 0.119 e. The Kier molecular flexibility index (Phi) is 2.92. The van der Waals surface area contributed by atoms with E-state index in [2.05, 4.69) is 5.10 Å². The maximum absolute atomic E-state index is 10.1. The van der Waals surface area contributed by atoms with E-state index in [0.29, 0.717) is 0 Å². The first-order chi connectivity index (χ1) is 7.70. The van der Waals surface area contributed by atoms with Crippen molar-refractivity contribution in [3.8, 4) is 5.75 Å². The van der Waals surface area contributed by atoms with Crippen molar-refractivity contribution in [3.05, 3.63) is 47.8 Å². The smallest absolute Gasteiger partial charge is 0.119 e. The molecule has 84 valence electrons. The molecule has 0 amide bonds. The monoisotopic (exact) mass is 218 g/mol. The number of hydrogen-bond acceptors (Lipinski definition) is 3. The summed E-state index contributed by atoms with van der Waals surface area (Å²) in [4.78, 5) is 0. The summed E-state index contributed by atoms with van der Waals surface area (Å²) in [7, 11) is 3.43. The molecule has 2 aromatic rings. The van der Waals surface area contributed by atoms with Gasteiger partial charge in [0.1, 0.15) is 11.9 Å². The van der Waals surface area contributed by atoms with Gasteiger partial charge >= 0.3 is 0 Å². The predicted molar refractivity (Wildman–Crippen MR) is 60.3 cm³/mol. The molecule has 1 heterocycles. The molecule has 4 heteroatoms. The molecule has 0 fully saturated rings. The van der Waals surface area contributed by atoms with Gasteiger partial charge < -0.3 is 9.84 Å². The molecule has 1 N–H and O–H groups in total. The molecule has 0 aliphatic rings. The molecular weight excluding hydrogens is 204 g/mol. The van der Waals surface area contributed by atoms with Gasteiger partial charge in [-0.1, -0.05) is 12.1 Å². The van der Waals surface area contributed by atoms with Crippen LogP contribution in [0, 0.1) is 0 Å². The fourth-order valence-electron chi connectivity index (χ4n) is 1.59. The van der Waals surface area contributed by atoms with Crippen LogP contribution in [0.1, 0.15) is 17.2 Å². The lowest BCUT2D eigenvalue weighted by molar-refractivity contribution is 0.219. The van der Waals surface area contributed by atoms with E-state index in [4.69, 9.17) is 4.74 Å². The number of aromatic nitrogens is 2. The standard InChI is InChI=1S/C12H14N2O2/c1-14-8-10(7-13-14)12(15)9-4-3-5-11(6-9)16-2/h3-8,12,15H,1-2H3. The summed E-state index contributed by atoms with van der Waals surface area (Å²) < 4.78 is 6.78. The Morgan fingerprint density at radius 3 is 2.81 bits per heavy atom. The molecule has 0 aliphatic heterocycles. The Morgan fingerprint density at radius 1 is 1.38 bits per heavy atom. The number of methoxy groups -OCH3 is 1. The Bertz CT molecular complexity index is 479. The van der Waals surface area contributed by atoms with Crippen LogP contribution in [0.4, 0.5) is 0 Å². The quantitative estimate of drug-likeness (QED) is 0.849. The Morgan fingerprint density at radius 2 is 2.19 bits per heavy atom. The number of ether oxygens (including phenoxy) is 1. The van der Waals surface area contributed by atoms with Crippen LogP contribution in [-0.4, -0.2) is 22.0 Å². The summed E-state index contributed by atoms with van der Waals surface area (Å²) in [5.41, 5.74) is 1.57. The van der Waals surface area contributed by atoms with Crippen molar-refractivity contribution < 1.29 is 9.84 Å². The van der Waals surface area contributed by atoms with E-state index >= 15 is 0 Å². The van der Waals surface area contributed by atoms with Crippen LogP contribution >= 0.6 is 0 Å². The second kappa shape index (κ2) is 4.37. The Hall–Kier alpha value is -1.81. The van der Waals surface area contributed by atoms with Gasteiger partial charge in [0.15, 0.2) is 0 Å². The van der Waals surface area contributed by atoms with Crippen LogP contribution in [0.15, 0.2) is 36.7 Å². The number of rotatable bonds is 3. The molecule has 0 saturated carbocycles. The average Bonchev–Trinajstić information content (AvgIpc) is 2.75. The normalized spacial score (nSPS) is 12.4. The van der Waals surface area contributed by atoms with Crippen molar-refractivity contribution in [3.63, 3.8) is 0 Å². The van der Waals surface area contributed by atoms with E-state index in [0.717, 1.165) is 16.9 Å². The number of aliphatic hydroxyl groups excluding tert-OH is 1. The van der Waals surface area contributed by atoms with Gasteiger partial charge in [0, 0.05) is 18.8 Å². The number of benzene rings is 1. The van der Waals surface area contributed by atoms with Gasteiger partial charge in [-0.15, -0.1) is 0 Å². The Labute approximate surface area is 94.1 Å². The maximum atomic E-state index is 10.1. The van der Waals surface area contributed by atoms with Crippen molar-refractivity contribution in [2.24, 2.45) is 7.05 Å². The largest absolute Gasteiger partial charge is 0.497 e. The average molecular weight is 218 g/mol. The van der Waals surface area contributed by atoms with Crippen LogP contribution in [0.25, 0.3) is 0 Å². The fourth-order valence-corrected chi connectivity index (χ4v) is 1.59. The Balaban J connectivity index is 2.29. The van der Waals surface area contributed by atoms with E-state index in [1.165, 1.54) is 0 Å². The van der Waals surface area contributed by atoms with Gasteiger partial charge in [0.25, 0.3) is 0 Å². The molecule has 4 nitrogen and oxygen atoms in total. The third-order valence-corrected chi connectivity index (χ3v) is 2.45. The van der Waals surface area contributed by atoms with E-state index < -0.39 is 6.10 Å². The highest BCUT2D eigenvalue weighted by Gasteiger charge is 2.12. The minimum atomic E-state index is -0.663. The SMILES string of the molecule is COc1cccc(C(O)c2cnn(C)c2)c1. The van der Waals surface area contributed by atoms with Crippen molar-refractivity contribution in [1.82, 2.24) is 9.78 Å². The van der Waals surface area contributed by atoms with Crippen LogP contribution in [0.2, 0.25) is 0 Å². The van der Waals surface area contributed by atoms with Crippen LogP contribution in [0.5, 0.6) is 5.75 Å². The molecule has 0 bridgehead atoms. The van der Waals surface area contributed by atoms with Gasteiger partial charge in [-0.3, -0.25) is 4.68 Å². The van der Waals surface area contributed by atoms with Gasteiger partial charge in [-0.05, 0) is 17.7 Å². The summed E-state index contributed by atoms with van der Waals surface area (Å²) in [5.74, 6) is 0.737. The molecule has 1 aromatic heterocycles. The highest BCUT2D eigenvalue weighted by Crippen LogP contribution is 2.24. The fraction of sp³-hybridized carbons (Fsp3) is 0.250. The predicted octanol–water partition coefficient (Wildman–Crippen LogP) is 1.51. The number of aliphatic hydroxyl groups is 1. The molecule has 0 radical (unpaired) electrons. The zero-order chi connectivity index (χ0) is 11.5. The molecule has 1 aromatic carbocycles. The van der Waals surface area contributed by atoms with Crippen molar-refractivity contribution in [2.75, 3.05) is 7.11 Å². The minimum Gasteiger partial charge on any atom is -0.497 e. The summed E-state index contributed by atoms with van der Waals surface area (Å²) in [6.45, 7) is 0. The van der Waals surface area contributed by atoms with Crippen LogP contribution in [-0.2, 0) is 7.05 Å². The van der Waals surface area contributed by atoms with E-state index in [1.54, 1.807) is 24.2 Å². The van der Waals surface area contributed by atoms with Crippen molar-refractivity contribution >= 4 is 0 Å². The molecule has 0 saturated heterocycles. The first-order valence-corrected chi connectivity index (χ1v) is 5.01. The van der Waals surface area contributed by atoms with Crippen LogP contribution < -0.4 is 4.74 Å². The van der Waals surface area contributed by atoms with Gasteiger partial charge in [0.2, 0.25) is 0 Å². The summed E-state index contributed by atoms with van der Waals surface area (Å²) in [5, 5.41) is 14.1. The summed E-state index contributed by atoms with van der Waals surface area (Å²) >= 11 is 0. The molecule has 0 aliphatic carbocycles. The topological polar surface area (TPSA) is 47.3 Å². The van der Waals surface area contributed by atoms with Gasteiger partial charge in [0.05, 0.1) is 13.3 Å². The molecule has 2 rings (SSSR count). The second-order valence-electron chi connectivity index (χ2n) is 3.63. The van der Waals surface area contributed by atoms with Crippen molar-refractivity contribution in [2.45, 2.75) is 6.10 Å². The number of hydrogen-bond donors (Lipinski definition) is 1. The van der Waals surface area contributed by atoms with Gasteiger partial charge in [-0.2, -0.15) is 5.10 Å². The third-order valence-electron chi connectivity index (χ3n) is 2.45. The third kappa shape index (κ3) is 2.06. The lowest BCUT2D eigenvalue weighted by Crippen LogP contribution is -1.98. The lowest BCUT2D eigenvalue weighted by Gasteiger charge is -2.09. The molecular formula is C12H14N2O2. The molecule has 0 spiro atoms. The first-order valence-electron chi connectivity index (χ1n) is 5.01. The summed E-state index contributed by atoms with van der Waals surface area (Å²) in [6.07, 6.45) is 2.79. The van der Waals surface area contributed by atoms with E-state index in [1.807, 2.05) is 31.3 Å². The molecule has 16 heavy (non-hydrogen) atoms. The molecule has 1 atom stereocenters. The second-order valence-corrected chi connectivity index (χ2v) is 3.63. The minimum absolute atomic E-state index is 0.663. The van der Waals surface area contributed by atoms with E-state index in [9.17, 15) is 5.11 Å². The summed E-state index contributed by atoms with van der Waals surface area (Å²) in [6, 6.07) is 7.38. The van der Waals surface area contributed by atoms with Gasteiger partial charge in [-0.25, -0.2) is 0 Å². The first kappa shape index (κ1) is 10.7. The number of aryl methyl sites for hydroxylation is 1. The zero-order valence-electron chi connectivity index (χ0n) is 9.29. The lowest BCUT2D eigenvalue weighted by atomic mass is 10.0. The van der Waals surface area contributed by atoms with Crippen LogP contribution in [0.3, 0.4) is 0 Å². The van der Waals surface area contributed by atoms with E-state index in [-0.39, 0.29) is 0 Å². The van der Waals surface area contributed by atoms with Crippen molar-refractivity contribution in [1.29, 1.82) is 0 Å². The highest BCUT2D eigenvalue weighted by molar-refractivity contribution is 5.33. The number of nitrogens with zero attached hydrogens (tertiary/aromatic N) is 2. The molecule has 1 unspecified atom stereocenters. The zero-order valence-corrected chi connectivity index (χ0v) is 9.29. The highest BCUT2D eigenvalue weighted by atomic mass is 16.5.